The first-order valence-corrected chi connectivity index (χ1v) is 6.45. The fourth-order valence-electron chi connectivity index (χ4n) is 1.90. The van der Waals surface area contributed by atoms with Crippen molar-refractivity contribution in [3.63, 3.8) is 0 Å². The number of fused-ring (bicyclic) bond motifs is 1. The Kier molecular flexibility index (Phi) is 4.01. The van der Waals surface area contributed by atoms with Gasteiger partial charge in [0.05, 0.1) is 12.7 Å². The maximum atomic E-state index is 11.9. The molecule has 0 bridgehead atoms. The van der Waals surface area contributed by atoms with Gasteiger partial charge in [0.15, 0.2) is 5.78 Å². The van der Waals surface area contributed by atoms with Gasteiger partial charge in [-0.2, -0.15) is 0 Å². The number of carbonyl (C=O) groups is 2. The number of hydrogen-bond donors (Lipinski definition) is 0. The van der Waals surface area contributed by atoms with Crippen LogP contribution in [-0.4, -0.2) is 25.0 Å². The lowest BCUT2D eigenvalue weighted by molar-refractivity contribution is -0.141. The molecule has 0 saturated carbocycles. The number of methoxy groups -OCH3 is 1. The van der Waals surface area contributed by atoms with Crippen LogP contribution in [0.25, 0.3) is 0 Å². The Labute approximate surface area is 113 Å². The Hall–Kier alpha value is -1.36. The molecule has 0 saturated heterocycles. The maximum Gasteiger partial charge on any atom is 0.305 e. The summed E-state index contributed by atoms with van der Waals surface area (Å²) in [6, 6.07) is 5.35. The third kappa shape index (κ3) is 2.90. The number of hydrogen-bond acceptors (Lipinski definition) is 4. The summed E-state index contributed by atoms with van der Waals surface area (Å²) < 4.78 is 11.1. The molecule has 1 atom stereocenters. The van der Waals surface area contributed by atoms with Crippen molar-refractivity contribution in [2.24, 2.45) is 0 Å². The third-order valence-electron chi connectivity index (χ3n) is 2.85. The van der Waals surface area contributed by atoms with Crippen LogP contribution >= 0.6 is 15.9 Å². The highest BCUT2D eigenvalue weighted by molar-refractivity contribution is 9.10. The number of benzene rings is 1. The second kappa shape index (κ2) is 5.52. The Bertz CT molecular complexity index is 484. The van der Waals surface area contributed by atoms with Crippen molar-refractivity contribution in [3.05, 3.63) is 28.2 Å². The summed E-state index contributed by atoms with van der Waals surface area (Å²) in [5, 5.41) is 0. The number of halogens is 1. The Balaban J connectivity index is 2.06. The largest absolute Gasteiger partial charge is 0.489 e. The first-order chi connectivity index (χ1) is 8.60. The van der Waals surface area contributed by atoms with Gasteiger partial charge < -0.3 is 9.47 Å². The lowest BCUT2D eigenvalue weighted by Gasteiger charge is -2.25. The van der Waals surface area contributed by atoms with Gasteiger partial charge in [0.25, 0.3) is 0 Å². The minimum atomic E-state index is -0.285. The Morgan fingerprint density at radius 2 is 2.33 bits per heavy atom. The summed E-state index contributed by atoms with van der Waals surface area (Å²) in [5.41, 5.74) is 0.596. The summed E-state index contributed by atoms with van der Waals surface area (Å²) >= 11 is 3.32. The molecule has 18 heavy (non-hydrogen) atoms. The standard InChI is InChI=1S/C13H13BrO4/c1-17-13(16)5-3-9-7-11(15)10-6-8(14)2-4-12(10)18-9/h2,4,6,9H,3,5,7H2,1H3. The van der Waals surface area contributed by atoms with Crippen molar-refractivity contribution < 1.29 is 19.1 Å². The van der Waals surface area contributed by atoms with E-state index in [0.717, 1.165) is 4.47 Å². The quantitative estimate of drug-likeness (QED) is 0.805. The number of Topliss-reactive ketones (excluding diaryl/α,β-unsaturated/α-hetero) is 1. The van der Waals surface area contributed by atoms with Gasteiger partial charge in [0.1, 0.15) is 11.9 Å². The van der Waals surface area contributed by atoms with E-state index in [0.29, 0.717) is 24.2 Å². The zero-order valence-corrected chi connectivity index (χ0v) is 11.5. The zero-order valence-electron chi connectivity index (χ0n) is 9.94. The van der Waals surface area contributed by atoms with Crippen LogP contribution in [0.2, 0.25) is 0 Å². The van der Waals surface area contributed by atoms with Gasteiger partial charge in [-0.1, -0.05) is 15.9 Å². The van der Waals surface area contributed by atoms with Crippen LogP contribution in [-0.2, 0) is 9.53 Å². The minimum absolute atomic E-state index is 0.0485. The molecule has 0 aromatic heterocycles. The van der Waals surface area contributed by atoms with Crippen molar-refractivity contribution in [3.8, 4) is 5.75 Å². The van der Waals surface area contributed by atoms with Gasteiger partial charge in [-0.25, -0.2) is 0 Å². The van der Waals surface area contributed by atoms with E-state index in [1.165, 1.54) is 7.11 Å². The summed E-state index contributed by atoms with van der Waals surface area (Å²) in [5.74, 6) is 0.351. The van der Waals surface area contributed by atoms with Gasteiger partial charge >= 0.3 is 5.97 Å². The Morgan fingerprint density at radius 3 is 3.06 bits per heavy atom. The predicted molar refractivity (Wildman–Crippen MR) is 68.8 cm³/mol. The topological polar surface area (TPSA) is 52.6 Å². The summed E-state index contributed by atoms with van der Waals surface area (Å²) in [6.45, 7) is 0. The number of carbonyl (C=O) groups excluding carboxylic acids is 2. The lowest BCUT2D eigenvalue weighted by atomic mass is 9.98. The molecule has 1 unspecified atom stereocenters. The second-order valence-electron chi connectivity index (χ2n) is 4.12. The molecule has 0 amide bonds. The summed E-state index contributed by atoms with van der Waals surface area (Å²) in [6.07, 6.45) is 0.819. The van der Waals surface area contributed by atoms with E-state index >= 15 is 0 Å². The highest BCUT2D eigenvalue weighted by Gasteiger charge is 2.26. The normalized spacial score (nSPS) is 17.9. The molecule has 0 N–H and O–H groups in total. The zero-order chi connectivity index (χ0) is 13.1. The monoisotopic (exact) mass is 312 g/mol. The molecule has 0 fully saturated rings. The van der Waals surface area contributed by atoms with Gasteiger partial charge in [-0.05, 0) is 24.6 Å². The molecule has 2 rings (SSSR count). The summed E-state index contributed by atoms with van der Waals surface area (Å²) in [4.78, 5) is 23.0. The van der Waals surface area contributed by atoms with Gasteiger partial charge in [-0.3, -0.25) is 9.59 Å². The molecule has 1 aromatic rings. The van der Waals surface area contributed by atoms with Crippen LogP contribution in [0.3, 0.4) is 0 Å². The number of ether oxygens (including phenoxy) is 2. The fourth-order valence-corrected chi connectivity index (χ4v) is 2.26. The van der Waals surface area contributed by atoms with Crippen LogP contribution in [0.5, 0.6) is 5.75 Å². The molecule has 5 heteroatoms. The molecule has 1 heterocycles. The molecule has 1 aliphatic rings. The van der Waals surface area contributed by atoms with Crippen LogP contribution < -0.4 is 4.74 Å². The molecule has 0 aliphatic carbocycles. The van der Waals surface area contributed by atoms with Gasteiger partial charge in [0, 0.05) is 17.3 Å². The smallest absolute Gasteiger partial charge is 0.305 e. The van der Waals surface area contributed by atoms with E-state index in [1.54, 1.807) is 12.1 Å². The van der Waals surface area contributed by atoms with Crippen molar-refractivity contribution in [2.45, 2.75) is 25.4 Å². The van der Waals surface area contributed by atoms with Crippen LogP contribution in [0.1, 0.15) is 29.6 Å². The molecule has 96 valence electrons. The van der Waals surface area contributed by atoms with E-state index in [-0.39, 0.29) is 24.3 Å². The Morgan fingerprint density at radius 1 is 1.56 bits per heavy atom. The van der Waals surface area contributed by atoms with Crippen molar-refractivity contribution >= 4 is 27.7 Å². The van der Waals surface area contributed by atoms with Crippen molar-refractivity contribution in [1.82, 2.24) is 0 Å². The highest BCUT2D eigenvalue weighted by atomic mass is 79.9. The van der Waals surface area contributed by atoms with E-state index < -0.39 is 0 Å². The van der Waals surface area contributed by atoms with Crippen LogP contribution in [0.15, 0.2) is 22.7 Å². The molecule has 1 aromatic carbocycles. The minimum Gasteiger partial charge on any atom is -0.489 e. The fraction of sp³-hybridized carbons (Fsp3) is 0.385. The highest BCUT2D eigenvalue weighted by Crippen LogP contribution is 2.31. The molecular weight excluding hydrogens is 300 g/mol. The SMILES string of the molecule is COC(=O)CCC1CC(=O)c2cc(Br)ccc2O1. The number of rotatable bonds is 3. The first kappa shape index (κ1) is 13.1. The van der Waals surface area contributed by atoms with Gasteiger partial charge in [-0.15, -0.1) is 0 Å². The van der Waals surface area contributed by atoms with Crippen LogP contribution in [0, 0.1) is 0 Å². The number of ketones is 1. The average Bonchev–Trinajstić information content (AvgIpc) is 2.37. The maximum absolute atomic E-state index is 11.9. The van der Waals surface area contributed by atoms with E-state index in [1.807, 2.05) is 6.07 Å². The molecular formula is C13H13BrO4. The van der Waals surface area contributed by atoms with Gasteiger partial charge in [0.2, 0.25) is 0 Å². The van der Waals surface area contributed by atoms with E-state index in [4.69, 9.17) is 4.74 Å². The first-order valence-electron chi connectivity index (χ1n) is 5.66. The third-order valence-corrected chi connectivity index (χ3v) is 3.34. The van der Waals surface area contributed by atoms with E-state index in [9.17, 15) is 9.59 Å². The number of esters is 1. The molecule has 1 aliphatic heterocycles. The molecule has 4 nitrogen and oxygen atoms in total. The van der Waals surface area contributed by atoms with Crippen molar-refractivity contribution in [2.75, 3.05) is 7.11 Å². The lowest BCUT2D eigenvalue weighted by Crippen LogP contribution is -2.27. The van der Waals surface area contributed by atoms with Crippen LogP contribution in [0.4, 0.5) is 0 Å². The molecule has 0 radical (unpaired) electrons. The van der Waals surface area contributed by atoms with Crippen molar-refractivity contribution in [1.29, 1.82) is 0 Å². The second-order valence-corrected chi connectivity index (χ2v) is 5.04. The predicted octanol–water partition coefficient (Wildman–Crippen LogP) is 2.74. The molecule has 0 spiro atoms. The summed E-state index contributed by atoms with van der Waals surface area (Å²) in [7, 11) is 1.35. The average molecular weight is 313 g/mol. The van der Waals surface area contributed by atoms with E-state index in [2.05, 4.69) is 20.7 Å².